The number of benzene rings is 1. The number of hydrogen-bond acceptors (Lipinski definition) is 4. The van der Waals surface area contributed by atoms with E-state index >= 15 is 0 Å². The third-order valence-corrected chi connectivity index (χ3v) is 3.59. The van der Waals surface area contributed by atoms with Gasteiger partial charge in [-0.15, -0.1) is 0 Å². The zero-order chi connectivity index (χ0) is 19.3. The van der Waals surface area contributed by atoms with Gasteiger partial charge in [0.15, 0.2) is 11.6 Å². The van der Waals surface area contributed by atoms with Crippen LogP contribution in [0.3, 0.4) is 0 Å². The zero-order valence-corrected chi connectivity index (χ0v) is 13.9. The van der Waals surface area contributed by atoms with Gasteiger partial charge in [-0.2, -0.15) is 13.2 Å². The molecule has 2 N–H and O–H groups in total. The standard InChI is InChI=1S/C17H15F3N6O/c18-17(19,20)12-2-4-13(5-3-12)25-16(27)24-9-11-26-10-8-23-15(26)14-21-6-1-7-22-14/h1-8,10H,9,11H2,(H2,24,25,27). The van der Waals surface area contributed by atoms with E-state index in [1.165, 1.54) is 12.1 Å². The molecule has 0 bridgehead atoms. The molecule has 0 fully saturated rings. The van der Waals surface area contributed by atoms with E-state index in [1.54, 1.807) is 35.4 Å². The van der Waals surface area contributed by atoms with E-state index in [0.717, 1.165) is 12.1 Å². The molecule has 10 heteroatoms. The molecule has 2 amide bonds. The van der Waals surface area contributed by atoms with Crippen LogP contribution in [0.15, 0.2) is 55.1 Å². The largest absolute Gasteiger partial charge is 0.416 e. The van der Waals surface area contributed by atoms with E-state index in [-0.39, 0.29) is 12.2 Å². The first kappa shape index (κ1) is 18.4. The van der Waals surface area contributed by atoms with Crippen molar-refractivity contribution in [2.45, 2.75) is 12.7 Å². The lowest BCUT2D eigenvalue weighted by Crippen LogP contribution is -2.31. The summed E-state index contributed by atoms with van der Waals surface area (Å²) in [5, 5.41) is 5.11. The number of urea groups is 1. The van der Waals surface area contributed by atoms with E-state index in [9.17, 15) is 18.0 Å². The van der Waals surface area contributed by atoms with Crippen LogP contribution in [0.5, 0.6) is 0 Å². The lowest BCUT2D eigenvalue weighted by Gasteiger charge is -2.11. The molecular formula is C17H15F3N6O. The van der Waals surface area contributed by atoms with Gasteiger partial charge in [0.2, 0.25) is 0 Å². The quantitative estimate of drug-likeness (QED) is 0.716. The number of nitrogens with one attached hydrogen (secondary N) is 2. The van der Waals surface area contributed by atoms with Gasteiger partial charge < -0.3 is 15.2 Å². The van der Waals surface area contributed by atoms with Gasteiger partial charge in [0, 0.05) is 43.6 Å². The van der Waals surface area contributed by atoms with Gasteiger partial charge in [-0.25, -0.2) is 19.7 Å². The second-order valence-corrected chi connectivity index (χ2v) is 5.47. The third kappa shape index (κ3) is 4.81. The maximum Gasteiger partial charge on any atom is 0.416 e. The van der Waals surface area contributed by atoms with Crippen LogP contribution in [-0.2, 0) is 12.7 Å². The summed E-state index contributed by atoms with van der Waals surface area (Å²) in [6.07, 6.45) is 2.15. The van der Waals surface area contributed by atoms with Crippen molar-refractivity contribution in [3.05, 3.63) is 60.7 Å². The fraction of sp³-hybridized carbons (Fsp3) is 0.176. The van der Waals surface area contributed by atoms with Gasteiger partial charge >= 0.3 is 12.2 Å². The summed E-state index contributed by atoms with van der Waals surface area (Å²) in [7, 11) is 0. The van der Waals surface area contributed by atoms with Gasteiger partial charge in [-0.05, 0) is 30.3 Å². The molecule has 0 aliphatic rings. The molecule has 2 aromatic heterocycles. The van der Waals surface area contributed by atoms with Gasteiger partial charge in [0.1, 0.15) is 0 Å². The predicted molar refractivity (Wildman–Crippen MR) is 91.7 cm³/mol. The number of halogens is 3. The maximum atomic E-state index is 12.5. The van der Waals surface area contributed by atoms with E-state index in [1.807, 2.05) is 0 Å². The first-order valence-corrected chi connectivity index (χ1v) is 7.94. The summed E-state index contributed by atoms with van der Waals surface area (Å²) in [4.78, 5) is 24.3. The topological polar surface area (TPSA) is 84.7 Å². The molecular weight excluding hydrogens is 361 g/mol. The molecule has 1 aromatic carbocycles. The second kappa shape index (κ2) is 7.85. The average molecular weight is 376 g/mol. The fourth-order valence-corrected chi connectivity index (χ4v) is 2.32. The predicted octanol–water partition coefficient (Wildman–Crippen LogP) is 3.18. The number of alkyl halides is 3. The van der Waals surface area contributed by atoms with Crippen LogP contribution in [0.2, 0.25) is 0 Å². The van der Waals surface area contributed by atoms with Crippen molar-refractivity contribution in [1.29, 1.82) is 0 Å². The van der Waals surface area contributed by atoms with Crippen LogP contribution < -0.4 is 10.6 Å². The third-order valence-electron chi connectivity index (χ3n) is 3.59. The van der Waals surface area contributed by atoms with Crippen molar-refractivity contribution >= 4 is 11.7 Å². The summed E-state index contributed by atoms with van der Waals surface area (Å²) < 4.78 is 39.4. The number of carbonyl (C=O) groups is 1. The molecule has 3 aromatic rings. The number of amides is 2. The summed E-state index contributed by atoms with van der Waals surface area (Å²) in [6, 6.07) is 5.39. The summed E-state index contributed by atoms with van der Waals surface area (Å²) in [6.45, 7) is 0.705. The molecule has 0 unspecified atom stereocenters. The first-order chi connectivity index (χ1) is 12.9. The van der Waals surface area contributed by atoms with Crippen molar-refractivity contribution in [1.82, 2.24) is 24.8 Å². The van der Waals surface area contributed by atoms with Crippen LogP contribution in [0, 0.1) is 0 Å². The minimum Gasteiger partial charge on any atom is -0.336 e. The Hall–Kier alpha value is -3.43. The Balaban J connectivity index is 1.51. The number of anilines is 1. The highest BCUT2D eigenvalue weighted by molar-refractivity contribution is 5.89. The molecule has 2 heterocycles. The van der Waals surface area contributed by atoms with Crippen molar-refractivity contribution in [2.75, 3.05) is 11.9 Å². The SMILES string of the molecule is O=C(NCCn1ccnc1-c1ncccn1)Nc1ccc(C(F)(F)F)cc1. The van der Waals surface area contributed by atoms with Crippen LogP contribution in [0.1, 0.15) is 5.56 Å². The Bertz CT molecular complexity index is 893. The zero-order valence-electron chi connectivity index (χ0n) is 13.9. The highest BCUT2D eigenvalue weighted by atomic mass is 19.4. The first-order valence-electron chi connectivity index (χ1n) is 7.94. The monoisotopic (exact) mass is 376 g/mol. The van der Waals surface area contributed by atoms with Crippen LogP contribution in [-0.4, -0.2) is 32.1 Å². The maximum absolute atomic E-state index is 12.5. The van der Waals surface area contributed by atoms with Crippen LogP contribution in [0.4, 0.5) is 23.7 Å². The van der Waals surface area contributed by atoms with Crippen molar-refractivity contribution in [2.24, 2.45) is 0 Å². The second-order valence-electron chi connectivity index (χ2n) is 5.47. The van der Waals surface area contributed by atoms with Crippen molar-refractivity contribution in [3.8, 4) is 11.6 Å². The normalized spacial score (nSPS) is 11.2. The van der Waals surface area contributed by atoms with Gasteiger partial charge in [0.25, 0.3) is 0 Å². The van der Waals surface area contributed by atoms with Gasteiger partial charge in [0.05, 0.1) is 5.56 Å². The van der Waals surface area contributed by atoms with Crippen LogP contribution >= 0.6 is 0 Å². The molecule has 0 saturated heterocycles. The Labute approximate surface area is 152 Å². The smallest absolute Gasteiger partial charge is 0.336 e. The molecule has 27 heavy (non-hydrogen) atoms. The average Bonchev–Trinajstić information content (AvgIpc) is 3.11. The molecule has 0 spiro atoms. The van der Waals surface area contributed by atoms with E-state index in [4.69, 9.17) is 0 Å². The Kier molecular flexibility index (Phi) is 5.34. The molecule has 0 radical (unpaired) electrons. The molecule has 0 aliphatic carbocycles. The molecule has 0 saturated carbocycles. The fourth-order valence-electron chi connectivity index (χ4n) is 2.32. The molecule has 3 rings (SSSR count). The van der Waals surface area contributed by atoms with Crippen LogP contribution in [0.25, 0.3) is 11.6 Å². The lowest BCUT2D eigenvalue weighted by atomic mass is 10.2. The minimum absolute atomic E-state index is 0.265. The number of nitrogens with zero attached hydrogens (tertiary/aromatic N) is 4. The number of rotatable bonds is 5. The number of aromatic nitrogens is 4. The number of hydrogen-bond donors (Lipinski definition) is 2. The Morgan fingerprint density at radius 3 is 2.41 bits per heavy atom. The van der Waals surface area contributed by atoms with E-state index in [2.05, 4.69) is 25.6 Å². The Morgan fingerprint density at radius 2 is 1.74 bits per heavy atom. The molecule has 7 nitrogen and oxygen atoms in total. The van der Waals surface area contributed by atoms with E-state index in [0.29, 0.717) is 18.2 Å². The number of imidazole rings is 1. The van der Waals surface area contributed by atoms with E-state index < -0.39 is 17.8 Å². The molecule has 140 valence electrons. The highest BCUT2D eigenvalue weighted by Crippen LogP contribution is 2.29. The van der Waals surface area contributed by atoms with Crippen molar-refractivity contribution in [3.63, 3.8) is 0 Å². The summed E-state index contributed by atoms with van der Waals surface area (Å²) >= 11 is 0. The lowest BCUT2D eigenvalue weighted by molar-refractivity contribution is -0.137. The number of carbonyl (C=O) groups excluding carboxylic acids is 1. The van der Waals surface area contributed by atoms with Gasteiger partial charge in [-0.1, -0.05) is 0 Å². The Morgan fingerprint density at radius 1 is 1.04 bits per heavy atom. The van der Waals surface area contributed by atoms with Crippen molar-refractivity contribution < 1.29 is 18.0 Å². The summed E-state index contributed by atoms with van der Waals surface area (Å²) in [5.74, 6) is 1.04. The highest BCUT2D eigenvalue weighted by Gasteiger charge is 2.29. The van der Waals surface area contributed by atoms with Gasteiger partial charge in [-0.3, -0.25) is 0 Å². The molecule has 0 aliphatic heterocycles. The minimum atomic E-state index is -4.41. The summed E-state index contributed by atoms with van der Waals surface area (Å²) in [5.41, 5.74) is -0.509. The molecule has 0 atom stereocenters.